The van der Waals surface area contributed by atoms with E-state index in [1.54, 1.807) is 14.2 Å². The van der Waals surface area contributed by atoms with Crippen molar-refractivity contribution < 1.29 is 18.9 Å². The van der Waals surface area contributed by atoms with Gasteiger partial charge in [-0.25, -0.2) is 13.9 Å². The molecule has 1 saturated heterocycles. The van der Waals surface area contributed by atoms with Gasteiger partial charge in [-0.05, 0) is 37.5 Å². The van der Waals surface area contributed by atoms with Crippen molar-refractivity contribution in [3.05, 3.63) is 41.2 Å². The first kappa shape index (κ1) is 20.1. The Morgan fingerprint density at radius 1 is 1.17 bits per heavy atom. The molecule has 1 fully saturated rings. The van der Waals surface area contributed by atoms with Gasteiger partial charge < -0.3 is 4.74 Å². The lowest BCUT2D eigenvalue weighted by Crippen LogP contribution is -2.58. The molecular formula is C22H28N5O3+. The van der Waals surface area contributed by atoms with Crippen LogP contribution in [0.5, 0.6) is 5.75 Å². The molecule has 8 nitrogen and oxygen atoms in total. The Kier molecular flexibility index (Phi) is 4.88. The zero-order chi connectivity index (χ0) is 21.7. The molecule has 4 rings (SSSR count). The summed E-state index contributed by atoms with van der Waals surface area (Å²) in [4.78, 5) is 33.7. The normalized spacial score (nSPS) is 18.1. The molecule has 8 heteroatoms. The summed E-state index contributed by atoms with van der Waals surface area (Å²) >= 11 is 0. The van der Waals surface area contributed by atoms with Crippen LogP contribution in [-0.2, 0) is 11.3 Å². The van der Waals surface area contributed by atoms with E-state index < -0.39 is 6.04 Å². The van der Waals surface area contributed by atoms with E-state index in [0.29, 0.717) is 24.9 Å². The van der Waals surface area contributed by atoms with Gasteiger partial charge in [-0.15, -0.1) is 0 Å². The highest BCUT2D eigenvalue weighted by molar-refractivity contribution is 6.20. The number of imidazole rings is 1. The molecule has 1 unspecified atom stereocenters. The Morgan fingerprint density at radius 2 is 1.83 bits per heavy atom. The SMILES string of the molecule is COc1ccc(C[n+]2c(C)c(C)n3c2N=C2C3C(=O)N(CC(C)C)C(=O)N2C)cc1. The molecule has 0 radical (unpaired) electrons. The lowest BCUT2D eigenvalue weighted by molar-refractivity contribution is -0.680. The second kappa shape index (κ2) is 7.27. The van der Waals surface area contributed by atoms with Crippen molar-refractivity contribution in [1.82, 2.24) is 14.4 Å². The fourth-order valence-corrected chi connectivity index (χ4v) is 4.14. The number of carbonyl (C=O) groups excluding carboxylic acids is 2. The van der Waals surface area contributed by atoms with E-state index in [0.717, 1.165) is 22.7 Å². The molecule has 0 N–H and O–H groups in total. The zero-order valence-corrected chi connectivity index (χ0v) is 18.3. The van der Waals surface area contributed by atoms with Crippen LogP contribution in [0.1, 0.15) is 36.8 Å². The number of aromatic nitrogens is 2. The highest BCUT2D eigenvalue weighted by Crippen LogP contribution is 2.35. The maximum Gasteiger partial charge on any atom is 0.402 e. The van der Waals surface area contributed by atoms with Crippen LogP contribution in [0, 0.1) is 19.8 Å². The van der Waals surface area contributed by atoms with Crippen LogP contribution < -0.4 is 9.30 Å². The molecule has 2 aliphatic rings. The van der Waals surface area contributed by atoms with Gasteiger partial charge >= 0.3 is 12.0 Å². The number of amidine groups is 1. The molecule has 2 aromatic rings. The minimum Gasteiger partial charge on any atom is -0.497 e. The van der Waals surface area contributed by atoms with Crippen molar-refractivity contribution in [2.75, 3.05) is 20.7 Å². The average Bonchev–Trinajstić information content (AvgIpc) is 3.22. The third-order valence-electron chi connectivity index (χ3n) is 5.87. The van der Waals surface area contributed by atoms with E-state index in [4.69, 9.17) is 9.73 Å². The van der Waals surface area contributed by atoms with Crippen molar-refractivity contribution in [1.29, 1.82) is 0 Å². The molecule has 3 heterocycles. The number of nitrogens with zero attached hydrogens (tertiary/aromatic N) is 5. The number of benzene rings is 1. The lowest BCUT2D eigenvalue weighted by Gasteiger charge is -2.34. The fourth-order valence-electron chi connectivity index (χ4n) is 4.14. The molecule has 30 heavy (non-hydrogen) atoms. The summed E-state index contributed by atoms with van der Waals surface area (Å²) < 4.78 is 9.31. The van der Waals surface area contributed by atoms with Gasteiger partial charge in [0.2, 0.25) is 11.9 Å². The summed E-state index contributed by atoms with van der Waals surface area (Å²) in [6, 6.07) is 6.98. The summed E-state index contributed by atoms with van der Waals surface area (Å²) in [6.07, 6.45) is 0. The number of hydrogen-bond acceptors (Lipinski definition) is 4. The van der Waals surface area contributed by atoms with E-state index in [-0.39, 0.29) is 17.9 Å². The van der Waals surface area contributed by atoms with E-state index in [1.807, 2.05) is 56.5 Å². The highest BCUT2D eigenvalue weighted by atomic mass is 16.5. The number of likely N-dealkylation sites (N-methyl/N-ethyl adjacent to an activating group) is 1. The smallest absolute Gasteiger partial charge is 0.402 e. The van der Waals surface area contributed by atoms with Crippen LogP contribution in [0.4, 0.5) is 10.7 Å². The standard InChI is InChI=1S/C22H28N5O3/c1-13(2)11-26-20(28)18-19(24(5)22(26)29)23-21-25(14(3)15(4)27(18)21)12-16-7-9-17(30-6)10-8-16/h7-10,13,18H,11-12H2,1-6H3/q+1. The van der Waals surface area contributed by atoms with Gasteiger partial charge in [0, 0.05) is 13.6 Å². The van der Waals surface area contributed by atoms with Gasteiger partial charge in [0.15, 0.2) is 0 Å². The van der Waals surface area contributed by atoms with Crippen molar-refractivity contribution in [3.8, 4) is 5.75 Å². The van der Waals surface area contributed by atoms with Gasteiger partial charge in [0.05, 0.1) is 13.7 Å². The third-order valence-corrected chi connectivity index (χ3v) is 5.87. The Bertz CT molecular complexity index is 1050. The molecule has 0 spiro atoms. The van der Waals surface area contributed by atoms with Crippen LogP contribution in [0.2, 0.25) is 0 Å². The Balaban J connectivity index is 1.76. The first-order chi connectivity index (χ1) is 14.2. The van der Waals surface area contributed by atoms with E-state index in [9.17, 15) is 9.59 Å². The molecule has 0 bridgehead atoms. The van der Waals surface area contributed by atoms with Crippen molar-refractivity contribution >= 4 is 23.7 Å². The number of urea groups is 1. The van der Waals surface area contributed by atoms with Crippen LogP contribution in [0.15, 0.2) is 29.3 Å². The second-order valence-electron chi connectivity index (χ2n) is 8.33. The quantitative estimate of drug-likeness (QED) is 0.712. The van der Waals surface area contributed by atoms with E-state index in [2.05, 4.69) is 4.57 Å². The summed E-state index contributed by atoms with van der Waals surface area (Å²) in [5, 5.41) is 0. The number of aliphatic imine (C=N–C) groups is 1. The molecule has 2 aliphatic heterocycles. The second-order valence-corrected chi connectivity index (χ2v) is 8.33. The van der Waals surface area contributed by atoms with E-state index >= 15 is 0 Å². The molecular weight excluding hydrogens is 382 g/mol. The topological polar surface area (TPSA) is 71.0 Å². The summed E-state index contributed by atoms with van der Waals surface area (Å²) in [6.45, 7) is 9.04. The summed E-state index contributed by atoms with van der Waals surface area (Å²) in [7, 11) is 3.34. The predicted molar refractivity (Wildman–Crippen MR) is 112 cm³/mol. The number of imide groups is 1. The number of hydrogen-bond donors (Lipinski definition) is 0. The summed E-state index contributed by atoms with van der Waals surface area (Å²) in [5.41, 5.74) is 3.12. The Hall–Kier alpha value is -3.16. The van der Waals surface area contributed by atoms with Crippen LogP contribution in [0.25, 0.3) is 0 Å². The summed E-state index contributed by atoms with van der Waals surface area (Å²) in [5.74, 6) is 1.98. The molecule has 3 amide bonds. The number of carbonyl (C=O) groups is 2. The van der Waals surface area contributed by atoms with Gasteiger partial charge in [-0.2, -0.15) is 0 Å². The van der Waals surface area contributed by atoms with Crippen molar-refractivity contribution in [3.63, 3.8) is 0 Å². The first-order valence-electron chi connectivity index (χ1n) is 10.2. The van der Waals surface area contributed by atoms with Crippen molar-refractivity contribution in [2.45, 2.75) is 40.3 Å². The molecule has 0 saturated carbocycles. The molecule has 1 aromatic heterocycles. The number of amides is 3. The van der Waals surface area contributed by atoms with Crippen molar-refractivity contribution in [2.24, 2.45) is 10.9 Å². The fraction of sp³-hybridized carbons (Fsp3) is 0.455. The monoisotopic (exact) mass is 410 g/mol. The lowest BCUT2D eigenvalue weighted by atomic mass is 10.1. The number of rotatable bonds is 5. The van der Waals surface area contributed by atoms with Crippen LogP contribution >= 0.6 is 0 Å². The van der Waals surface area contributed by atoms with Gasteiger partial charge in [-0.1, -0.05) is 31.0 Å². The largest absolute Gasteiger partial charge is 0.497 e. The molecule has 1 atom stereocenters. The Labute approximate surface area is 176 Å². The van der Waals surface area contributed by atoms with Gasteiger partial charge in [-0.3, -0.25) is 14.6 Å². The minimum absolute atomic E-state index is 0.193. The highest BCUT2D eigenvalue weighted by Gasteiger charge is 2.54. The van der Waals surface area contributed by atoms with Crippen LogP contribution in [-0.4, -0.2) is 52.8 Å². The zero-order valence-electron chi connectivity index (χ0n) is 18.3. The average molecular weight is 410 g/mol. The first-order valence-corrected chi connectivity index (χ1v) is 10.2. The maximum absolute atomic E-state index is 13.3. The van der Waals surface area contributed by atoms with Gasteiger partial charge in [0.1, 0.15) is 17.1 Å². The maximum atomic E-state index is 13.3. The third kappa shape index (κ3) is 2.98. The number of methoxy groups -OCH3 is 1. The molecule has 158 valence electrons. The van der Waals surface area contributed by atoms with Crippen LogP contribution in [0.3, 0.4) is 0 Å². The molecule has 0 aliphatic carbocycles. The molecule has 1 aromatic carbocycles. The number of fused-ring (bicyclic) bond motifs is 3. The Morgan fingerprint density at radius 3 is 2.43 bits per heavy atom. The minimum atomic E-state index is -0.600. The van der Waals surface area contributed by atoms with E-state index in [1.165, 1.54) is 9.80 Å². The van der Waals surface area contributed by atoms with Gasteiger partial charge in [0.25, 0.3) is 5.91 Å². The predicted octanol–water partition coefficient (Wildman–Crippen LogP) is 2.58. The number of ether oxygens (including phenoxy) is 1.